The summed E-state index contributed by atoms with van der Waals surface area (Å²) in [5.41, 5.74) is 2.40. The maximum absolute atomic E-state index is 13.0. The molecule has 0 aliphatic carbocycles. The molecular weight excluding hydrogens is 464 g/mol. The van der Waals surface area contributed by atoms with E-state index < -0.39 is 23.6 Å². The van der Waals surface area contributed by atoms with Crippen molar-refractivity contribution in [3.8, 4) is 0 Å². The molecule has 3 amide bonds. The molecule has 0 bridgehead atoms. The van der Waals surface area contributed by atoms with Gasteiger partial charge >= 0.3 is 6.09 Å². The number of amides is 3. The fraction of sp³-hybridized carbons (Fsp3) is 0.320. The molecule has 2 aromatic heterocycles. The van der Waals surface area contributed by atoms with Gasteiger partial charge in [0.15, 0.2) is 0 Å². The van der Waals surface area contributed by atoms with E-state index in [1.54, 1.807) is 32.4 Å². The number of allylic oxidation sites excluding steroid dienone is 1. The van der Waals surface area contributed by atoms with Crippen molar-refractivity contribution in [2.75, 3.05) is 26.5 Å². The van der Waals surface area contributed by atoms with Gasteiger partial charge in [-0.3, -0.25) is 14.4 Å². The van der Waals surface area contributed by atoms with Gasteiger partial charge in [-0.2, -0.15) is 0 Å². The summed E-state index contributed by atoms with van der Waals surface area (Å²) in [4.78, 5) is 58.5. The number of alkyl carbamates (subject to hydrolysis) is 1. The summed E-state index contributed by atoms with van der Waals surface area (Å²) < 4.78 is 6.04. The number of aromatic nitrogens is 3. The summed E-state index contributed by atoms with van der Waals surface area (Å²) in [6, 6.07) is 7.99. The number of aromatic amines is 1. The van der Waals surface area contributed by atoms with E-state index in [9.17, 15) is 19.2 Å². The van der Waals surface area contributed by atoms with Crippen LogP contribution < -0.4 is 16.2 Å². The number of fused-ring (bicyclic) bond motifs is 1. The lowest BCUT2D eigenvalue weighted by molar-refractivity contribution is -0.123. The topological polar surface area (TPSA) is 138 Å². The molecule has 0 radical (unpaired) electrons. The van der Waals surface area contributed by atoms with Gasteiger partial charge in [-0.25, -0.2) is 9.78 Å². The third-order valence-electron chi connectivity index (χ3n) is 5.40. The number of aryl methyl sites for hydroxylation is 1. The number of hydrogen-bond acceptors (Lipinski definition) is 6. The summed E-state index contributed by atoms with van der Waals surface area (Å²) in [6.45, 7) is 2.17. The Balaban J connectivity index is 1.73. The van der Waals surface area contributed by atoms with Crippen LogP contribution in [0.3, 0.4) is 0 Å². The number of nitrogens with one attached hydrogen (secondary N) is 3. The summed E-state index contributed by atoms with van der Waals surface area (Å²) in [7, 11) is 4.45. The standard InChI is InChI=1S/C25H30N6O5/c1-16-11-12-17-20(14-16)27-21(26-17)15-31-13-7-9-19(24(31)34)28-23(33)18(29-25(35)36-4)8-5-6-10-22(32)30(2)3/h6-7,9-14,18H,5,8,15H2,1-4H3,(H,26,27)(H,28,33)(H,29,35)/b10-6+/t18-/m0/s1. The van der Waals surface area contributed by atoms with Gasteiger partial charge < -0.3 is 29.8 Å². The molecule has 3 rings (SSSR count). The highest BCUT2D eigenvalue weighted by atomic mass is 16.5. The molecule has 0 aliphatic rings. The zero-order chi connectivity index (χ0) is 26.2. The number of likely N-dealkylation sites (N-methyl/N-ethyl adjacent to an activating group) is 1. The third-order valence-corrected chi connectivity index (χ3v) is 5.40. The molecule has 1 atom stereocenters. The first kappa shape index (κ1) is 26.2. The highest BCUT2D eigenvalue weighted by molar-refractivity contribution is 5.96. The Labute approximate surface area is 208 Å². The van der Waals surface area contributed by atoms with Gasteiger partial charge in [-0.15, -0.1) is 0 Å². The fourth-order valence-corrected chi connectivity index (χ4v) is 3.45. The van der Waals surface area contributed by atoms with Crippen molar-refractivity contribution in [1.29, 1.82) is 0 Å². The number of nitrogens with zero attached hydrogens (tertiary/aromatic N) is 3. The zero-order valence-corrected chi connectivity index (χ0v) is 20.7. The Morgan fingerprint density at radius 3 is 2.75 bits per heavy atom. The first-order valence-corrected chi connectivity index (χ1v) is 11.4. The molecule has 0 saturated heterocycles. The van der Waals surface area contributed by atoms with Crippen LogP contribution in [0.25, 0.3) is 11.0 Å². The first-order valence-electron chi connectivity index (χ1n) is 11.4. The highest BCUT2D eigenvalue weighted by Crippen LogP contribution is 2.14. The minimum Gasteiger partial charge on any atom is -0.453 e. The lowest BCUT2D eigenvalue weighted by atomic mass is 10.1. The number of ether oxygens (including phenoxy) is 1. The van der Waals surface area contributed by atoms with Crippen molar-refractivity contribution >= 4 is 34.6 Å². The fourth-order valence-electron chi connectivity index (χ4n) is 3.45. The van der Waals surface area contributed by atoms with E-state index in [4.69, 9.17) is 0 Å². The molecule has 0 spiro atoms. The molecule has 0 fully saturated rings. The molecule has 11 nitrogen and oxygen atoms in total. The number of imidazole rings is 1. The number of anilines is 1. The lowest BCUT2D eigenvalue weighted by Gasteiger charge is -2.17. The zero-order valence-electron chi connectivity index (χ0n) is 20.7. The van der Waals surface area contributed by atoms with Crippen molar-refractivity contribution in [2.45, 2.75) is 32.4 Å². The van der Waals surface area contributed by atoms with E-state index in [0.717, 1.165) is 16.6 Å². The van der Waals surface area contributed by atoms with Crippen molar-refractivity contribution in [3.63, 3.8) is 0 Å². The Bertz CT molecular complexity index is 1340. The molecule has 0 unspecified atom stereocenters. The number of benzene rings is 1. The van der Waals surface area contributed by atoms with E-state index in [0.29, 0.717) is 12.2 Å². The Morgan fingerprint density at radius 1 is 1.25 bits per heavy atom. The Morgan fingerprint density at radius 2 is 2.03 bits per heavy atom. The molecule has 3 aromatic rings. The number of methoxy groups -OCH3 is 1. The van der Waals surface area contributed by atoms with Crippen LogP contribution in [-0.4, -0.2) is 64.6 Å². The van der Waals surface area contributed by atoms with Gasteiger partial charge in [0.05, 0.1) is 24.7 Å². The van der Waals surface area contributed by atoms with Crippen LogP contribution in [0.4, 0.5) is 10.5 Å². The molecule has 11 heteroatoms. The van der Waals surface area contributed by atoms with E-state index in [1.807, 2.05) is 25.1 Å². The minimum atomic E-state index is -0.983. The second-order valence-corrected chi connectivity index (χ2v) is 8.45. The molecule has 1 aromatic carbocycles. The van der Waals surface area contributed by atoms with Gasteiger partial charge in [-0.1, -0.05) is 12.1 Å². The van der Waals surface area contributed by atoms with E-state index in [-0.39, 0.29) is 24.6 Å². The SMILES string of the molecule is COC(=O)N[C@@H](CC/C=C/C(=O)N(C)C)C(=O)Nc1cccn(Cc2nc3ccc(C)cc3[nH]2)c1=O. The molecular formula is C25H30N6O5. The number of rotatable bonds is 9. The highest BCUT2D eigenvalue weighted by Gasteiger charge is 2.22. The average molecular weight is 495 g/mol. The van der Waals surface area contributed by atoms with E-state index in [1.165, 1.54) is 28.7 Å². The van der Waals surface area contributed by atoms with Crippen LogP contribution in [0.15, 0.2) is 53.5 Å². The van der Waals surface area contributed by atoms with Crippen molar-refractivity contribution in [2.24, 2.45) is 0 Å². The van der Waals surface area contributed by atoms with Crippen LogP contribution in [-0.2, 0) is 20.9 Å². The molecule has 0 aliphatic heterocycles. The predicted molar refractivity (Wildman–Crippen MR) is 136 cm³/mol. The maximum atomic E-state index is 13.0. The van der Waals surface area contributed by atoms with Crippen LogP contribution in [0.2, 0.25) is 0 Å². The number of pyridine rings is 1. The van der Waals surface area contributed by atoms with Crippen LogP contribution >= 0.6 is 0 Å². The van der Waals surface area contributed by atoms with Crippen LogP contribution in [0, 0.1) is 6.92 Å². The van der Waals surface area contributed by atoms with Crippen molar-refractivity contribution in [1.82, 2.24) is 24.8 Å². The summed E-state index contributed by atoms with van der Waals surface area (Å²) >= 11 is 0. The average Bonchev–Trinajstić information content (AvgIpc) is 3.24. The summed E-state index contributed by atoms with van der Waals surface area (Å²) in [5, 5.41) is 5.06. The lowest BCUT2D eigenvalue weighted by Crippen LogP contribution is -2.44. The van der Waals surface area contributed by atoms with Crippen molar-refractivity contribution in [3.05, 3.63) is 70.4 Å². The van der Waals surface area contributed by atoms with Crippen molar-refractivity contribution < 1.29 is 19.1 Å². The van der Waals surface area contributed by atoms with Gasteiger partial charge in [0.25, 0.3) is 5.56 Å². The molecule has 3 N–H and O–H groups in total. The first-order chi connectivity index (χ1) is 17.2. The number of hydrogen-bond donors (Lipinski definition) is 3. The smallest absolute Gasteiger partial charge is 0.407 e. The Kier molecular flexibility index (Phi) is 8.61. The monoisotopic (exact) mass is 494 g/mol. The van der Waals surface area contributed by atoms with Gasteiger partial charge in [0.2, 0.25) is 11.8 Å². The molecule has 190 valence electrons. The minimum absolute atomic E-state index is 0.0597. The second kappa shape index (κ2) is 11.8. The van der Waals surface area contributed by atoms with Gasteiger partial charge in [0.1, 0.15) is 17.6 Å². The van der Waals surface area contributed by atoms with Crippen LogP contribution in [0.1, 0.15) is 24.2 Å². The number of carbonyl (C=O) groups is 3. The summed E-state index contributed by atoms with van der Waals surface area (Å²) in [5.74, 6) is -0.173. The normalized spacial score (nSPS) is 11.9. The maximum Gasteiger partial charge on any atom is 0.407 e. The number of H-pyrrole nitrogens is 1. The molecule has 2 heterocycles. The number of carbonyl (C=O) groups excluding carboxylic acids is 3. The third kappa shape index (κ3) is 6.81. The van der Waals surface area contributed by atoms with Gasteiger partial charge in [0, 0.05) is 20.3 Å². The quantitative estimate of drug-likeness (QED) is 0.390. The molecule has 36 heavy (non-hydrogen) atoms. The Hall–Kier alpha value is -4.41. The second-order valence-electron chi connectivity index (χ2n) is 8.45. The van der Waals surface area contributed by atoms with E-state index in [2.05, 4.69) is 25.3 Å². The van der Waals surface area contributed by atoms with Gasteiger partial charge in [-0.05, 0) is 55.7 Å². The predicted octanol–water partition coefficient (Wildman–Crippen LogP) is 2.17. The molecule has 0 saturated carbocycles. The summed E-state index contributed by atoms with van der Waals surface area (Å²) in [6.07, 6.45) is 4.36. The van der Waals surface area contributed by atoms with E-state index >= 15 is 0 Å². The van der Waals surface area contributed by atoms with Crippen LogP contribution in [0.5, 0.6) is 0 Å². The largest absolute Gasteiger partial charge is 0.453 e.